The topological polar surface area (TPSA) is 62.3 Å². The quantitative estimate of drug-likeness (QED) is 0.510. The SMILES string of the molecule is O=C(Nc1cccc2cccnc12)C(=O)N(Cc1ccccc1)Cc1ccccc1. The number of nitrogens with zero attached hydrogens (tertiary/aromatic N) is 2. The predicted octanol–water partition coefficient (Wildman–Crippen LogP) is 4.40. The number of amides is 2. The molecule has 0 fully saturated rings. The number of benzene rings is 3. The van der Waals surface area contributed by atoms with Crippen LogP contribution in [0.1, 0.15) is 11.1 Å². The number of anilines is 1. The van der Waals surface area contributed by atoms with Crippen molar-refractivity contribution in [1.82, 2.24) is 9.88 Å². The molecule has 0 spiro atoms. The highest BCUT2D eigenvalue weighted by Crippen LogP contribution is 2.21. The van der Waals surface area contributed by atoms with Gasteiger partial charge in [0.15, 0.2) is 0 Å². The van der Waals surface area contributed by atoms with Crippen molar-refractivity contribution in [3.8, 4) is 0 Å². The second kappa shape index (κ2) is 9.01. The van der Waals surface area contributed by atoms with Gasteiger partial charge in [0.1, 0.15) is 0 Å². The van der Waals surface area contributed by atoms with Crippen LogP contribution in [0.15, 0.2) is 97.2 Å². The van der Waals surface area contributed by atoms with Gasteiger partial charge in [0.05, 0.1) is 11.2 Å². The molecule has 0 bridgehead atoms. The van der Waals surface area contributed by atoms with Crippen molar-refractivity contribution in [3.05, 3.63) is 108 Å². The van der Waals surface area contributed by atoms with Gasteiger partial charge in [-0.25, -0.2) is 0 Å². The summed E-state index contributed by atoms with van der Waals surface area (Å²) in [4.78, 5) is 31.8. The second-order valence-corrected chi connectivity index (χ2v) is 6.97. The van der Waals surface area contributed by atoms with E-state index in [1.807, 2.05) is 84.9 Å². The van der Waals surface area contributed by atoms with E-state index in [4.69, 9.17) is 0 Å². The maximum absolute atomic E-state index is 13.1. The van der Waals surface area contributed by atoms with Crippen LogP contribution < -0.4 is 5.32 Å². The molecule has 1 heterocycles. The van der Waals surface area contributed by atoms with Crippen LogP contribution in [0.3, 0.4) is 0 Å². The molecule has 1 aromatic heterocycles. The fraction of sp³-hybridized carbons (Fsp3) is 0.0800. The molecule has 0 aliphatic heterocycles. The predicted molar refractivity (Wildman–Crippen MR) is 118 cm³/mol. The van der Waals surface area contributed by atoms with Gasteiger partial charge in [-0.3, -0.25) is 14.6 Å². The summed E-state index contributed by atoms with van der Waals surface area (Å²) in [5.74, 6) is -1.27. The molecule has 30 heavy (non-hydrogen) atoms. The van der Waals surface area contributed by atoms with Gasteiger partial charge >= 0.3 is 11.8 Å². The molecule has 0 aliphatic rings. The highest BCUT2D eigenvalue weighted by Gasteiger charge is 2.23. The zero-order valence-corrected chi connectivity index (χ0v) is 16.4. The molecule has 5 heteroatoms. The Morgan fingerprint density at radius 1 is 0.733 bits per heavy atom. The number of carbonyl (C=O) groups excluding carboxylic acids is 2. The molecule has 5 nitrogen and oxygen atoms in total. The van der Waals surface area contributed by atoms with Crippen LogP contribution in [0.25, 0.3) is 10.9 Å². The van der Waals surface area contributed by atoms with Gasteiger partial charge in [-0.15, -0.1) is 0 Å². The molecule has 0 aliphatic carbocycles. The summed E-state index contributed by atoms with van der Waals surface area (Å²) < 4.78 is 0. The number of para-hydroxylation sites is 1. The summed E-state index contributed by atoms with van der Waals surface area (Å²) >= 11 is 0. The van der Waals surface area contributed by atoms with Gasteiger partial charge in [0.2, 0.25) is 0 Å². The van der Waals surface area contributed by atoms with Gasteiger partial charge in [0.25, 0.3) is 0 Å². The fourth-order valence-electron chi connectivity index (χ4n) is 3.33. The first kappa shape index (κ1) is 19.3. The molecule has 1 N–H and O–H groups in total. The maximum atomic E-state index is 13.1. The number of rotatable bonds is 5. The molecule has 3 aromatic carbocycles. The third-order valence-electron chi connectivity index (χ3n) is 4.79. The molecule has 0 saturated carbocycles. The van der Waals surface area contributed by atoms with Crippen LogP contribution in [0, 0.1) is 0 Å². The van der Waals surface area contributed by atoms with Gasteiger partial charge in [-0.2, -0.15) is 0 Å². The summed E-state index contributed by atoms with van der Waals surface area (Å²) in [5.41, 5.74) is 3.09. The third kappa shape index (κ3) is 4.52. The highest BCUT2D eigenvalue weighted by molar-refractivity contribution is 6.40. The van der Waals surface area contributed by atoms with E-state index in [2.05, 4.69) is 10.3 Å². The van der Waals surface area contributed by atoms with Crippen LogP contribution >= 0.6 is 0 Å². The Hall–Kier alpha value is -3.99. The lowest BCUT2D eigenvalue weighted by Crippen LogP contribution is -2.39. The average Bonchev–Trinajstić information content (AvgIpc) is 2.80. The summed E-state index contributed by atoms with van der Waals surface area (Å²) in [6, 6.07) is 28.5. The molecule has 0 unspecified atom stereocenters. The Balaban J connectivity index is 1.57. The largest absolute Gasteiger partial charge is 0.326 e. The molecular formula is C25H21N3O2. The van der Waals surface area contributed by atoms with Crippen LogP contribution in [-0.2, 0) is 22.7 Å². The van der Waals surface area contributed by atoms with E-state index in [1.165, 1.54) is 0 Å². The van der Waals surface area contributed by atoms with Crippen molar-refractivity contribution in [2.24, 2.45) is 0 Å². The first-order chi connectivity index (χ1) is 14.7. The Morgan fingerprint density at radius 2 is 1.33 bits per heavy atom. The van der Waals surface area contributed by atoms with Gasteiger partial charge in [-0.05, 0) is 23.3 Å². The summed E-state index contributed by atoms with van der Waals surface area (Å²) in [7, 11) is 0. The van der Waals surface area contributed by atoms with Crippen LogP contribution in [-0.4, -0.2) is 21.7 Å². The minimum Gasteiger partial charge on any atom is -0.326 e. The monoisotopic (exact) mass is 395 g/mol. The van der Waals surface area contributed by atoms with Crippen LogP contribution in [0.4, 0.5) is 5.69 Å². The van der Waals surface area contributed by atoms with Crippen molar-refractivity contribution in [2.45, 2.75) is 13.1 Å². The Labute approximate surface area is 175 Å². The number of carbonyl (C=O) groups is 2. The van der Waals surface area contributed by atoms with Gasteiger partial charge in [0, 0.05) is 24.7 Å². The maximum Gasteiger partial charge on any atom is 0.313 e. The first-order valence-corrected chi connectivity index (χ1v) is 9.72. The van der Waals surface area contributed by atoms with Crippen molar-refractivity contribution in [3.63, 3.8) is 0 Å². The zero-order valence-electron chi connectivity index (χ0n) is 16.4. The van der Waals surface area contributed by atoms with E-state index in [1.54, 1.807) is 17.2 Å². The van der Waals surface area contributed by atoms with Crippen molar-refractivity contribution in [1.29, 1.82) is 0 Å². The van der Waals surface area contributed by atoms with Crippen molar-refractivity contribution in [2.75, 3.05) is 5.32 Å². The van der Waals surface area contributed by atoms with Gasteiger partial charge in [-0.1, -0.05) is 78.9 Å². The van der Waals surface area contributed by atoms with E-state index in [9.17, 15) is 9.59 Å². The van der Waals surface area contributed by atoms with Crippen molar-refractivity contribution >= 4 is 28.4 Å². The zero-order chi connectivity index (χ0) is 20.8. The highest BCUT2D eigenvalue weighted by atomic mass is 16.2. The van der Waals surface area contributed by atoms with Crippen LogP contribution in [0.2, 0.25) is 0 Å². The summed E-state index contributed by atoms with van der Waals surface area (Å²) in [6.45, 7) is 0.686. The van der Waals surface area contributed by atoms with E-state index < -0.39 is 11.8 Å². The summed E-state index contributed by atoms with van der Waals surface area (Å²) in [6.07, 6.45) is 1.66. The molecule has 0 radical (unpaired) electrons. The van der Waals surface area contributed by atoms with E-state index in [-0.39, 0.29) is 0 Å². The fourth-order valence-corrected chi connectivity index (χ4v) is 3.33. The molecule has 0 saturated heterocycles. The lowest BCUT2D eigenvalue weighted by molar-refractivity contribution is -0.144. The molecular weight excluding hydrogens is 374 g/mol. The first-order valence-electron chi connectivity index (χ1n) is 9.72. The lowest BCUT2D eigenvalue weighted by atomic mass is 10.1. The van der Waals surface area contributed by atoms with Crippen molar-refractivity contribution < 1.29 is 9.59 Å². The Bertz CT molecular complexity index is 1110. The number of nitrogens with one attached hydrogen (secondary N) is 1. The molecule has 4 rings (SSSR count). The molecule has 2 amide bonds. The average molecular weight is 395 g/mol. The second-order valence-electron chi connectivity index (χ2n) is 6.97. The van der Waals surface area contributed by atoms with E-state index in [0.29, 0.717) is 24.3 Å². The number of pyridine rings is 1. The molecule has 148 valence electrons. The Morgan fingerprint density at radius 3 is 1.97 bits per heavy atom. The smallest absolute Gasteiger partial charge is 0.313 e. The van der Waals surface area contributed by atoms with E-state index in [0.717, 1.165) is 16.5 Å². The van der Waals surface area contributed by atoms with Crippen LogP contribution in [0.5, 0.6) is 0 Å². The molecule has 0 atom stereocenters. The third-order valence-corrected chi connectivity index (χ3v) is 4.79. The molecule has 4 aromatic rings. The minimum absolute atomic E-state index is 0.343. The number of aromatic nitrogens is 1. The van der Waals surface area contributed by atoms with Gasteiger partial charge < -0.3 is 10.2 Å². The van der Waals surface area contributed by atoms with E-state index >= 15 is 0 Å². The summed E-state index contributed by atoms with van der Waals surface area (Å²) in [5, 5.41) is 3.64. The number of hydrogen-bond acceptors (Lipinski definition) is 3. The normalized spacial score (nSPS) is 10.5. The number of fused-ring (bicyclic) bond motifs is 1. The minimum atomic E-state index is -0.681. The number of hydrogen-bond donors (Lipinski definition) is 1. The Kier molecular flexibility index (Phi) is 5.80. The lowest BCUT2D eigenvalue weighted by Gasteiger charge is -2.22. The standard InChI is InChI=1S/C25H21N3O2/c29-24(27-22-15-7-13-21-14-8-16-26-23(21)22)25(30)28(17-19-9-3-1-4-10-19)18-20-11-5-2-6-12-20/h1-16H,17-18H2,(H,27,29).